The maximum absolute atomic E-state index is 11.8. The third kappa shape index (κ3) is 3.35. The molecule has 0 atom stereocenters. The van der Waals surface area contributed by atoms with Crippen LogP contribution in [0.15, 0.2) is 42.5 Å². The Labute approximate surface area is 118 Å². The first-order valence-corrected chi connectivity index (χ1v) is 6.79. The summed E-state index contributed by atoms with van der Waals surface area (Å²) in [5, 5.41) is 7.21. The fraction of sp³-hybridized carbons (Fsp3) is 0.250. The molecular formula is C16H18N2O2. The molecule has 0 bridgehead atoms. The number of fused-ring (bicyclic) bond motifs is 1. The number of hydrogen-bond donors (Lipinski definition) is 2. The normalized spacial score (nSPS) is 10.2. The van der Waals surface area contributed by atoms with Gasteiger partial charge in [-0.3, -0.25) is 9.59 Å². The molecule has 0 saturated carbocycles. The number of rotatable bonds is 4. The highest BCUT2D eigenvalue weighted by Gasteiger charge is 2.13. The molecule has 0 aliphatic rings. The highest BCUT2D eigenvalue weighted by Crippen LogP contribution is 2.22. The van der Waals surface area contributed by atoms with Crippen molar-refractivity contribution in [3.05, 3.63) is 42.5 Å². The Morgan fingerprint density at radius 3 is 2.55 bits per heavy atom. The van der Waals surface area contributed by atoms with Crippen molar-refractivity contribution in [1.29, 1.82) is 0 Å². The van der Waals surface area contributed by atoms with Gasteiger partial charge >= 0.3 is 11.8 Å². The molecule has 2 aromatic rings. The Balaban J connectivity index is 2.08. The van der Waals surface area contributed by atoms with Gasteiger partial charge in [0.2, 0.25) is 0 Å². The standard InChI is InChI=1S/C16H18N2O2/c1-2-3-11-17-15(19)16(20)18-14-10-6-8-12-7-4-5-9-13(12)14/h4-10H,2-3,11H2,1H3,(H,17,19)(H,18,20). The molecule has 2 aromatic carbocycles. The van der Waals surface area contributed by atoms with Gasteiger partial charge in [0.25, 0.3) is 0 Å². The number of benzene rings is 2. The molecule has 4 heteroatoms. The molecule has 0 aliphatic heterocycles. The lowest BCUT2D eigenvalue weighted by Crippen LogP contribution is -2.35. The van der Waals surface area contributed by atoms with Crippen LogP contribution in [0.2, 0.25) is 0 Å². The maximum atomic E-state index is 11.8. The number of nitrogens with one attached hydrogen (secondary N) is 2. The number of hydrogen-bond acceptors (Lipinski definition) is 2. The molecule has 0 unspecified atom stereocenters. The average Bonchev–Trinajstić information content (AvgIpc) is 2.47. The zero-order valence-corrected chi connectivity index (χ0v) is 11.5. The molecule has 20 heavy (non-hydrogen) atoms. The summed E-state index contributed by atoms with van der Waals surface area (Å²) in [6.45, 7) is 2.56. The largest absolute Gasteiger partial charge is 0.348 e. The minimum Gasteiger partial charge on any atom is -0.348 e. The van der Waals surface area contributed by atoms with Crippen LogP contribution in [0.5, 0.6) is 0 Å². The molecule has 0 aliphatic carbocycles. The summed E-state index contributed by atoms with van der Waals surface area (Å²) in [6.07, 6.45) is 1.85. The Kier molecular flexibility index (Phi) is 4.71. The molecule has 2 rings (SSSR count). The summed E-state index contributed by atoms with van der Waals surface area (Å²) in [4.78, 5) is 23.5. The number of carbonyl (C=O) groups excluding carboxylic acids is 2. The first-order chi connectivity index (χ1) is 9.72. The zero-order valence-electron chi connectivity index (χ0n) is 11.5. The van der Waals surface area contributed by atoms with Gasteiger partial charge in [-0.05, 0) is 17.9 Å². The van der Waals surface area contributed by atoms with E-state index in [1.54, 1.807) is 6.07 Å². The second-order valence-corrected chi connectivity index (χ2v) is 4.59. The molecule has 104 valence electrons. The van der Waals surface area contributed by atoms with Crippen LogP contribution in [0.25, 0.3) is 10.8 Å². The lowest BCUT2D eigenvalue weighted by atomic mass is 10.1. The van der Waals surface area contributed by atoms with E-state index >= 15 is 0 Å². The molecule has 2 amide bonds. The molecule has 0 saturated heterocycles. The molecule has 2 N–H and O–H groups in total. The van der Waals surface area contributed by atoms with E-state index in [0.717, 1.165) is 23.6 Å². The van der Waals surface area contributed by atoms with Gasteiger partial charge in [0.05, 0.1) is 0 Å². The minimum atomic E-state index is -0.627. The topological polar surface area (TPSA) is 58.2 Å². The van der Waals surface area contributed by atoms with Crippen LogP contribution < -0.4 is 10.6 Å². The Bertz CT molecular complexity index is 617. The van der Waals surface area contributed by atoms with E-state index in [2.05, 4.69) is 10.6 Å². The predicted molar refractivity (Wildman–Crippen MR) is 80.5 cm³/mol. The summed E-state index contributed by atoms with van der Waals surface area (Å²) in [5.41, 5.74) is 0.652. The van der Waals surface area contributed by atoms with Crippen LogP contribution in [0, 0.1) is 0 Å². The van der Waals surface area contributed by atoms with Crippen molar-refractivity contribution in [2.24, 2.45) is 0 Å². The van der Waals surface area contributed by atoms with E-state index in [1.165, 1.54) is 0 Å². The van der Waals surface area contributed by atoms with Crippen LogP contribution in [-0.4, -0.2) is 18.4 Å². The predicted octanol–water partition coefficient (Wildman–Crippen LogP) is 2.69. The van der Waals surface area contributed by atoms with Crippen molar-refractivity contribution in [1.82, 2.24) is 5.32 Å². The van der Waals surface area contributed by atoms with Crippen LogP contribution in [0.3, 0.4) is 0 Å². The fourth-order valence-corrected chi connectivity index (χ4v) is 1.97. The van der Waals surface area contributed by atoms with Gasteiger partial charge in [-0.1, -0.05) is 49.7 Å². The molecule has 0 heterocycles. The summed E-state index contributed by atoms with van der Waals surface area (Å²) in [5.74, 6) is -1.22. The van der Waals surface area contributed by atoms with Crippen molar-refractivity contribution >= 4 is 28.3 Å². The summed E-state index contributed by atoms with van der Waals surface area (Å²) in [7, 11) is 0. The first kappa shape index (κ1) is 14.1. The Morgan fingerprint density at radius 1 is 1.00 bits per heavy atom. The van der Waals surface area contributed by atoms with Gasteiger partial charge < -0.3 is 10.6 Å². The van der Waals surface area contributed by atoms with E-state index < -0.39 is 11.8 Å². The Hall–Kier alpha value is -2.36. The van der Waals surface area contributed by atoms with E-state index in [4.69, 9.17) is 0 Å². The van der Waals surface area contributed by atoms with Crippen LogP contribution in [0.1, 0.15) is 19.8 Å². The van der Waals surface area contributed by atoms with Crippen LogP contribution >= 0.6 is 0 Å². The quantitative estimate of drug-likeness (QED) is 0.663. The van der Waals surface area contributed by atoms with E-state index in [-0.39, 0.29) is 0 Å². The summed E-state index contributed by atoms with van der Waals surface area (Å²) in [6, 6.07) is 13.3. The SMILES string of the molecule is CCCCNC(=O)C(=O)Nc1cccc2ccccc12. The third-order valence-corrected chi connectivity index (χ3v) is 3.06. The van der Waals surface area contributed by atoms with Gasteiger partial charge in [-0.2, -0.15) is 0 Å². The number of carbonyl (C=O) groups is 2. The second-order valence-electron chi connectivity index (χ2n) is 4.59. The van der Waals surface area contributed by atoms with Gasteiger partial charge in [-0.25, -0.2) is 0 Å². The van der Waals surface area contributed by atoms with E-state index in [1.807, 2.05) is 43.3 Å². The molecule has 4 nitrogen and oxygen atoms in total. The van der Waals surface area contributed by atoms with Gasteiger partial charge in [0.15, 0.2) is 0 Å². The first-order valence-electron chi connectivity index (χ1n) is 6.79. The average molecular weight is 270 g/mol. The lowest BCUT2D eigenvalue weighted by Gasteiger charge is -2.08. The van der Waals surface area contributed by atoms with Crippen molar-refractivity contribution < 1.29 is 9.59 Å². The molecule has 0 aromatic heterocycles. The smallest absolute Gasteiger partial charge is 0.313 e. The highest BCUT2D eigenvalue weighted by molar-refractivity contribution is 6.40. The molecule has 0 fully saturated rings. The van der Waals surface area contributed by atoms with Gasteiger partial charge in [-0.15, -0.1) is 0 Å². The lowest BCUT2D eigenvalue weighted by molar-refractivity contribution is -0.136. The monoisotopic (exact) mass is 270 g/mol. The number of anilines is 1. The van der Waals surface area contributed by atoms with E-state index in [0.29, 0.717) is 12.2 Å². The van der Waals surface area contributed by atoms with E-state index in [9.17, 15) is 9.59 Å². The van der Waals surface area contributed by atoms with Crippen molar-refractivity contribution in [3.63, 3.8) is 0 Å². The zero-order chi connectivity index (χ0) is 14.4. The molecule has 0 radical (unpaired) electrons. The highest BCUT2D eigenvalue weighted by atomic mass is 16.2. The third-order valence-electron chi connectivity index (χ3n) is 3.06. The van der Waals surface area contributed by atoms with Crippen molar-refractivity contribution in [2.75, 3.05) is 11.9 Å². The van der Waals surface area contributed by atoms with Crippen molar-refractivity contribution in [2.45, 2.75) is 19.8 Å². The minimum absolute atomic E-state index is 0.526. The number of amides is 2. The van der Waals surface area contributed by atoms with Crippen LogP contribution in [0.4, 0.5) is 5.69 Å². The summed E-state index contributed by atoms with van der Waals surface area (Å²) < 4.78 is 0. The maximum Gasteiger partial charge on any atom is 0.313 e. The number of unbranched alkanes of at least 4 members (excludes halogenated alkanes) is 1. The Morgan fingerprint density at radius 2 is 1.75 bits per heavy atom. The molecular weight excluding hydrogens is 252 g/mol. The van der Waals surface area contributed by atoms with Crippen molar-refractivity contribution in [3.8, 4) is 0 Å². The van der Waals surface area contributed by atoms with Gasteiger partial charge in [0, 0.05) is 17.6 Å². The second kappa shape index (κ2) is 6.70. The van der Waals surface area contributed by atoms with Crippen LogP contribution in [-0.2, 0) is 9.59 Å². The molecule has 0 spiro atoms. The van der Waals surface area contributed by atoms with Gasteiger partial charge in [0.1, 0.15) is 0 Å². The fourth-order valence-electron chi connectivity index (χ4n) is 1.97. The summed E-state index contributed by atoms with van der Waals surface area (Å²) >= 11 is 0.